The summed E-state index contributed by atoms with van der Waals surface area (Å²) >= 11 is 0. The molecule has 0 saturated heterocycles. The third-order valence-electron chi connectivity index (χ3n) is 2.71. The van der Waals surface area contributed by atoms with E-state index in [0.717, 1.165) is 12.1 Å². The van der Waals surface area contributed by atoms with Crippen LogP contribution in [0.1, 0.15) is 13.3 Å². The number of carbonyl (C=O) groups excluding carboxylic acids is 1. The number of ether oxygens (including phenoxy) is 1. The Balaban J connectivity index is 2.23. The number of nitrogen functional groups attached to an aromatic ring is 1. The topological polar surface area (TPSA) is 76.4 Å². The molecule has 1 aromatic rings. The number of anilines is 3. The monoisotopic (exact) mass is 247 g/mol. The van der Waals surface area contributed by atoms with Gasteiger partial charge in [-0.15, -0.1) is 6.58 Å². The number of nitrogens with two attached hydrogens (primary N) is 1. The summed E-state index contributed by atoms with van der Waals surface area (Å²) in [5.74, 6) is 0.450. The van der Waals surface area contributed by atoms with Gasteiger partial charge in [-0.2, -0.15) is 0 Å². The van der Waals surface area contributed by atoms with Crippen LogP contribution in [-0.2, 0) is 4.79 Å². The molecule has 4 N–H and O–H groups in total. The number of hydrogen-bond acceptors (Lipinski definition) is 4. The van der Waals surface area contributed by atoms with E-state index in [9.17, 15) is 4.79 Å². The van der Waals surface area contributed by atoms with Gasteiger partial charge in [0, 0.05) is 12.1 Å². The summed E-state index contributed by atoms with van der Waals surface area (Å²) in [7, 11) is 0. The van der Waals surface area contributed by atoms with Gasteiger partial charge in [0.1, 0.15) is 5.75 Å². The summed E-state index contributed by atoms with van der Waals surface area (Å²) in [6.45, 7) is 5.77. The SMILES string of the molecule is C=CCC(C)Nc1cc2c(cc1N)OCC(=O)N2. The number of fused-ring (bicyclic) bond motifs is 1. The van der Waals surface area contributed by atoms with E-state index in [0.29, 0.717) is 17.1 Å². The lowest BCUT2D eigenvalue weighted by molar-refractivity contribution is -0.118. The van der Waals surface area contributed by atoms with Crippen molar-refractivity contribution < 1.29 is 9.53 Å². The van der Waals surface area contributed by atoms with E-state index in [-0.39, 0.29) is 18.6 Å². The molecule has 5 nitrogen and oxygen atoms in total. The molecule has 1 aliphatic rings. The second-order valence-electron chi connectivity index (χ2n) is 4.34. The lowest BCUT2D eigenvalue weighted by Crippen LogP contribution is -2.26. The molecule has 1 aliphatic heterocycles. The first-order chi connectivity index (χ1) is 8.60. The van der Waals surface area contributed by atoms with Crippen molar-refractivity contribution >= 4 is 23.0 Å². The Kier molecular flexibility index (Phi) is 3.41. The van der Waals surface area contributed by atoms with Crippen LogP contribution in [0.4, 0.5) is 17.1 Å². The number of nitrogens with one attached hydrogen (secondary N) is 2. The summed E-state index contributed by atoms with van der Waals surface area (Å²) in [6, 6.07) is 3.74. The Hall–Kier alpha value is -2.17. The minimum absolute atomic E-state index is 0.0338. The minimum Gasteiger partial charge on any atom is -0.482 e. The van der Waals surface area contributed by atoms with Crippen molar-refractivity contribution in [3.05, 3.63) is 24.8 Å². The Labute approximate surface area is 106 Å². The fourth-order valence-electron chi connectivity index (χ4n) is 1.84. The molecule has 1 amide bonds. The highest BCUT2D eigenvalue weighted by Crippen LogP contribution is 2.35. The predicted octanol–water partition coefficient (Wildman–Crippen LogP) is 1.98. The third kappa shape index (κ3) is 2.56. The summed E-state index contributed by atoms with van der Waals surface area (Å²) in [5, 5.41) is 6.03. The molecule has 0 saturated carbocycles. The molecule has 0 aromatic heterocycles. The molecule has 18 heavy (non-hydrogen) atoms. The van der Waals surface area contributed by atoms with E-state index in [2.05, 4.69) is 17.2 Å². The van der Waals surface area contributed by atoms with Crippen LogP contribution < -0.4 is 21.1 Å². The van der Waals surface area contributed by atoms with Gasteiger partial charge in [0.2, 0.25) is 0 Å². The molecule has 2 rings (SSSR count). The van der Waals surface area contributed by atoms with E-state index >= 15 is 0 Å². The van der Waals surface area contributed by atoms with Crippen LogP contribution in [0.25, 0.3) is 0 Å². The van der Waals surface area contributed by atoms with Crippen molar-refractivity contribution in [2.24, 2.45) is 0 Å². The van der Waals surface area contributed by atoms with Crippen LogP contribution in [0.5, 0.6) is 5.75 Å². The molecule has 0 radical (unpaired) electrons. The molecule has 1 unspecified atom stereocenters. The molecule has 1 heterocycles. The van der Waals surface area contributed by atoms with Gasteiger partial charge in [-0.25, -0.2) is 0 Å². The minimum atomic E-state index is -0.155. The highest BCUT2D eigenvalue weighted by atomic mass is 16.5. The van der Waals surface area contributed by atoms with Gasteiger partial charge >= 0.3 is 0 Å². The fraction of sp³-hybridized carbons (Fsp3) is 0.308. The maximum Gasteiger partial charge on any atom is 0.262 e. The van der Waals surface area contributed by atoms with Crippen molar-refractivity contribution in [3.8, 4) is 5.75 Å². The van der Waals surface area contributed by atoms with Crippen molar-refractivity contribution in [1.82, 2.24) is 0 Å². The number of benzene rings is 1. The molecule has 0 bridgehead atoms. The van der Waals surface area contributed by atoms with Crippen LogP contribution in [0.2, 0.25) is 0 Å². The second kappa shape index (κ2) is 5.00. The summed E-state index contributed by atoms with van der Waals surface area (Å²) in [5.41, 5.74) is 7.97. The zero-order chi connectivity index (χ0) is 13.1. The highest BCUT2D eigenvalue weighted by Gasteiger charge is 2.18. The first kappa shape index (κ1) is 12.3. The smallest absolute Gasteiger partial charge is 0.262 e. The molecule has 0 fully saturated rings. The van der Waals surface area contributed by atoms with Crippen molar-refractivity contribution in [2.45, 2.75) is 19.4 Å². The van der Waals surface area contributed by atoms with Gasteiger partial charge in [-0.05, 0) is 19.4 Å². The molecule has 0 aliphatic carbocycles. The summed E-state index contributed by atoms with van der Waals surface area (Å²) in [4.78, 5) is 11.2. The second-order valence-corrected chi connectivity index (χ2v) is 4.34. The maximum atomic E-state index is 11.2. The third-order valence-corrected chi connectivity index (χ3v) is 2.71. The molecule has 1 aromatic carbocycles. The average molecular weight is 247 g/mol. The number of amides is 1. The van der Waals surface area contributed by atoms with Crippen LogP contribution in [0.15, 0.2) is 24.8 Å². The Morgan fingerprint density at radius 2 is 2.44 bits per heavy atom. The zero-order valence-corrected chi connectivity index (χ0v) is 10.3. The Morgan fingerprint density at radius 1 is 1.67 bits per heavy atom. The molecular formula is C13H17N3O2. The van der Waals surface area contributed by atoms with Gasteiger partial charge in [0.15, 0.2) is 6.61 Å². The van der Waals surface area contributed by atoms with Gasteiger partial charge in [0.05, 0.1) is 17.1 Å². The number of rotatable bonds is 4. The van der Waals surface area contributed by atoms with Gasteiger partial charge in [0.25, 0.3) is 5.91 Å². The average Bonchev–Trinajstić information content (AvgIpc) is 2.31. The van der Waals surface area contributed by atoms with Crippen LogP contribution >= 0.6 is 0 Å². The van der Waals surface area contributed by atoms with Gasteiger partial charge in [-0.1, -0.05) is 6.08 Å². The van der Waals surface area contributed by atoms with Crippen LogP contribution in [-0.4, -0.2) is 18.6 Å². The molecule has 5 heteroatoms. The van der Waals surface area contributed by atoms with E-state index < -0.39 is 0 Å². The summed E-state index contributed by atoms with van der Waals surface area (Å²) in [6.07, 6.45) is 2.68. The molecule has 96 valence electrons. The van der Waals surface area contributed by atoms with E-state index in [1.54, 1.807) is 12.1 Å². The maximum absolute atomic E-state index is 11.2. The standard InChI is InChI=1S/C13H17N3O2/c1-3-4-8(2)15-10-6-11-12(5-9(10)14)18-7-13(17)16-11/h3,5-6,8,15H,1,4,7,14H2,2H3,(H,16,17). The molecular weight excluding hydrogens is 230 g/mol. The Bertz CT molecular complexity index is 485. The first-order valence-electron chi connectivity index (χ1n) is 5.83. The zero-order valence-electron chi connectivity index (χ0n) is 10.3. The Morgan fingerprint density at radius 3 is 3.17 bits per heavy atom. The van der Waals surface area contributed by atoms with Crippen molar-refractivity contribution in [1.29, 1.82) is 0 Å². The van der Waals surface area contributed by atoms with Crippen molar-refractivity contribution in [3.63, 3.8) is 0 Å². The van der Waals surface area contributed by atoms with Gasteiger partial charge in [-0.3, -0.25) is 4.79 Å². The lowest BCUT2D eigenvalue weighted by atomic mass is 10.1. The quantitative estimate of drug-likeness (QED) is 0.561. The first-order valence-corrected chi connectivity index (χ1v) is 5.83. The normalized spacial score (nSPS) is 15.1. The van der Waals surface area contributed by atoms with Gasteiger partial charge < -0.3 is 21.1 Å². The lowest BCUT2D eigenvalue weighted by Gasteiger charge is -2.22. The predicted molar refractivity (Wildman–Crippen MR) is 72.9 cm³/mol. The molecule has 0 spiro atoms. The van der Waals surface area contributed by atoms with Crippen LogP contribution in [0.3, 0.4) is 0 Å². The van der Waals surface area contributed by atoms with E-state index in [1.165, 1.54) is 0 Å². The highest BCUT2D eigenvalue weighted by molar-refractivity contribution is 5.97. The van der Waals surface area contributed by atoms with Crippen molar-refractivity contribution in [2.75, 3.05) is 23.0 Å². The number of carbonyl (C=O) groups is 1. The number of hydrogen-bond donors (Lipinski definition) is 3. The molecule has 1 atom stereocenters. The van der Waals surface area contributed by atoms with Crippen LogP contribution in [0, 0.1) is 0 Å². The fourth-order valence-corrected chi connectivity index (χ4v) is 1.84. The van der Waals surface area contributed by atoms with E-state index in [4.69, 9.17) is 10.5 Å². The van der Waals surface area contributed by atoms with E-state index in [1.807, 2.05) is 13.0 Å². The largest absolute Gasteiger partial charge is 0.482 e. The summed E-state index contributed by atoms with van der Waals surface area (Å²) < 4.78 is 5.29.